The van der Waals surface area contributed by atoms with E-state index in [1.165, 1.54) is 12.8 Å². The van der Waals surface area contributed by atoms with Crippen molar-refractivity contribution in [1.29, 1.82) is 0 Å². The van der Waals surface area contributed by atoms with E-state index in [-0.39, 0.29) is 11.9 Å². The second-order valence-electron chi connectivity index (χ2n) is 3.98. The molecule has 76 valence electrons. The van der Waals surface area contributed by atoms with Crippen molar-refractivity contribution in [2.45, 2.75) is 45.1 Å². The number of amides is 1. The second kappa shape index (κ2) is 5.22. The summed E-state index contributed by atoms with van der Waals surface area (Å²) in [4.78, 5) is 13.6. The molecule has 1 amide bonds. The van der Waals surface area contributed by atoms with E-state index in [0.29, 0.717) is 6.42 Å². The summed E-state index contributed by atoms with van der Waals surface area (Å²) in [5.41, 5.74) is 5.59. The van der Waals surface area contributed by atoms with Gasteiger partial charge in [0.1, 0.15) is 0 Å². The van der Waals surface area contributed by atoms with Crippen molar-refractivity contribution in [2.24, 2.45) is 5.73 Å². The lowest BCUT2D eigenvalue weighted by Crippen LogP contribution is -2.35. The summed E-state index contributed by atoms with van der Waals surface area (Å²) in [6.07, 6.45) is 5.35. The van der Waals surface area contributed by atoms with Crippen LogP contribution >= 0.6 is 0 Å². The zero-order valence-corrected chi connectivity index (χ0v) is 8.46. The highest BCUT2D eigenvalue weighted by atomic mass is 16.2. The Morgan fingerprint density at radius 1 is 1.31 bits per heavy atom. The van der Waals surface area contributed by atoms with Gasteiger partial charge in [-0.1, -0.05) is 12.8 Å². The van der Waals surface area contributed by atoms with Gasteiger partial charge in [0.15, 0.2) is 0 Å². The molecule has 0 spiro atoms. The van der Waals surface area contributed by atoms with E-state index in [2.05, 4.69) is 0 Å². The summed E-state index contributed by atoms with van der Waals surface area (Å²) in [5.74, 6) is 0.233. The monoisotopic (exact) mass is 184 g/mol. The van der Waals surface area contributed by atoms with Gasteiger partial charge in [-0.15, -0.1) is 0 Å². The Balaban J connectivity index is 2.35. The molecule has 0 radical (unpaired) electrons. The van der Waals surface area contributed by atoms with Crippen molar-refractivity contribution < 1.29 is 4.79 Å². The summed E-state index contributed by atoms with van der Waals surface area (Å²) in [5, 5.41) is 0. The van der Waals surface area contributed by atoms with Crippen molar-refractivity contribution in [3.05, 3.63) is 0 Å². The number of hydrogen-bond donors (Lipinski definition) is 1. The predicted molar refractivity (Wildman–Crippen MR) is 53.3 cm³/mol. The molecular weight excluding hydrogens is 164 g/mol. The highest BCUT2D eigenvalue weighted by Gasteiger charge is 2.15. The first-order valence-electron chi connectivity index (χ1n) is 5.23. The maximum Gasteiger partial charge on any atom is 0.224 e. The number of hydrogen-bond acceptors (Lipinski definition) is 2. The van der Waals surface area contributed by atoms with Crippen LogP contribution in [0.1, 0.15) is 39.0 Å². The molecular formula is C10H20N2O. The Hall–Kier alpha value is -0.570. The second-order valence-corrected chi connectivity index (χ2v) is 3.98. The zero-order valence-electron chi connectivity index (χ0n) is 8.46. The minimum absolute atomic E-state index is 0.00393. The average molecular weight is 184 g/mol. The Morgan fingerprint density at radius 2 is 1.85 bits per heavy atom. The third kappa shape index (κ3) is 3.77. The van der Waals surface area contributed by atoms with Crippen molar-refractivity contribution in [1.82, 2.24) is 4.90 Å². The van der Waals surface area contributed by atoms with Crippen molar-refractivity contribution in [3.8, 4) is 0 Å². The minimum Gasteiger partial charge on any atom is -0.343 e. The lowest BCUT2D eigenvalue weighted by Gasteiger charge is -2.21. The Bertz CT molecular complexity index is 160. The van der Waals surface area contributed by atoms with Crippen LogP contribution in [0.25, 0.3) is 0 Å². The number of rotatable bonds is 2. The molecule has 1 unspecified atom stereocenters. The van der Waals surface area contributed by atoms with Gasteiger partial charge in [-0.25, -0.2) is 0 Å². The average Bonchev–Trinajstić information content (AvgIpc) is 2.29. The standard InChI is InChI=1S/C10H20N2O/c1-9(11)8-10(13)12-6-4-2-3-5-7-12/h9H,2-8,11H2,1H3. The van der Waals surface area contributed by atoms with Gasteiger partial charge < -0.3 is 10.6 Å². The summed E-state index contributed by atoms with van der Waals surface area (Å²) in [6.45, 7) is 3.76. The maximum atomic E-state index is 11.6. The molecule has 3 heteroatoms. The molecule has 1 heterocycles. The van der Waals surface area contributed by atoms with Crippen molar-refractivity contribution in [2.75, 3.05) is 13.1 Å². The fourth-order valence-corrected chi connectivity index (χ4v) is 1.72. The fraction of sp³-hybridized carbons (Fsp3) is 0.900. The quantitative estimate of drug-likeness (QED) is 0.699. The van der Waals surface area contributed by atoms with Gasteiger partial charge in [-0.3, -0.25) is 4.79 Å². The Morgan fingerprint density at radius 3 is 2.31 bits per heavy atom. The summed E-state index contributed by atoms with van der Waals surface area (Å²) < 4.78 is 0. The number of nitrogens with two attached hydrogens (primary N) is 1. The third-order valence-electron chi connectivity index (χ3n) is 2.46. The van der Waals surface area contributed by atoms with Crippen LogP contribution in [0.15, 0.2) is 0 Å². The zero-order chi connectivity index (χ0) is 9.68. The van der Waals surface area contributed by atoms with Gasteiger partial charge in [0.2, 0.25) is 5.91 Å². The molecule has 1 rings (SSSR count). The molecule has 1 saturated heterocycles. The summed E-state index contributed by atoms with van der Waals surface area (Å²) >= 11 is 0. The van der Waals surface area contributed by atoms with E-state index in [1.807, 2.05) is 11.8 Å². The largest absolute Gasteiger partial charge is 0.343 e. The first-order chi connectivity index (χ1) is 6.20. The minimum atomic E-state index is -0.00393. The van der Waals surface area contributed by atoms with Crippen LogP contribution in [-0.2, 0) is 4.79 Å². The highest BCUT2D eigenvalue weighted by molar-refractivity contribution is 5.76. The van der Waals surface area contributed by atoms with Crippen LogP contribution in [0.4, 0.5) is 0 Å². The van der Waals surface area contributed by atoms with Gasteiger partial charge in [-0.2, -0.15) is 0 Å². The molecule has 13 heavy (non-hydrogen) atoms. The van der Waals surface area contributed by atoms with E-state index >= 15 is 0 Å². The van der Waals surface area contributed by atoms with Crippen LogP contribution in [0.2, 0.25) is 0 Å². The molecule has 1 atom stereocenters. The molecule has 0 aromatic carbocycles. The lowest BCUT2D eigenvalue weighted by molar-refractivity contribution is -0.131. The van der Waals surface area contributed by atoms with Gasteiger partial charge >= 0.3 is 0 Å². The van der Waals surface area contributed by atoms with Gasteiger partial charge in [0.25, 0.3) is 0 Å². The van der Waals surface area contributed by atoms with Crippen molar-refractivity contribution in [3.63, 3.8) is 0 Å². The van der Waals surface area contributed by atoms with E-state index < -0.39 is 0 Å². The van der Waals surface area contributed by atoms with E-state index in [1.54, 1.807) is 0 Å². The van der Waals surface area contributed by atoms with Gasteiger partial charge in [-0.05, 0) is 19.8 Å². The predicted octanol–water partition coefficient (Wildman–Crippen LogP) is 1.13. The van der Waals surface area contributed by atoms with E-state index in [9.17, 15) is 4.79 Å². The molecule has 0 bridgehead atoms. The number of nitrogens with zero attached hydrogens (tertiary/aromatic N) is 1. The first kappa shape index (κ1) is 10.5. The topological polar surface area (TPSA) is 46.3 Å². The van der Waals surface area contributed by atoms with Crippen molar-refractivity contribution >= 4 is 5.91 Å². The van der Waals surface area contributed by atoms with Crippen LogP contribution in [0.3, 0.4) is 0 Å². The molecule has 0 aromatic heterocycles. The maximum absolute atomic E-state index is 11.6. The smallest absolute Gasteiger partial charge is 0.224 e. The molecule has 0 aliphatic carbocycles. The van der Waals surface area contributed by atoms with E-state index in [0.717, 1.165) is 25.9 Å². The molecule has 2 N–H and O–H groups in total. The normalized spacial score (nSPS) is 20.9. The van der Waals surface area contributed by atoms with Gasteiger partial charge in [0, 0.05) is 25.6 Å². The summed E-state index contributed by atoms with van der Waals surface area (Å²) in [7, 11) is 0. The SMILES string of the molecule is CC(N)CC(=O)N1CCCCCC1. The first-order valence-corrected chi connectivity index (χ1v) is 5.23. The van der Waals surface area contributed by atoms with Crippen LogP contribution in [0.5, 0.6) is 0 Å². The molecule has 0 saturated carbocycles. The van der Waals surface area contributed by atoms with E-state index in [4.69, 9.17) is 5.73 Å². The number of carbonyl (C=O) groups excluding carboxylic acids is 1. The molecule has 1 fully saturated rings. The Kier molecular flexibility index (Phi) is 4.22. The molecule has 1 aliphatic heterocycles. The highest BCUT2D eigenvalue weighted by Crippen LogP contribution is 2.10. The van der Waals surface area contributed by atoms with Crippen LogP contribution < -0.4 is 5.73 Å². The van der Waals surface area contributed by atoms with Crippen LogP contribution in [-0.4, -0.2) is 29.9 Å². The number of carbonyl (C=O) groups is 1. The molecule has 3 nitrogen and oxygen atoms in total. The fourth-order valence-electron chi connectivity index (χ4n) is 1.72. The molecule has 1 aliphatic rings. The molecule has 0 aromatic rings. The number of likely N-dealkylation sites (tertiary alicyclic amines) is 1. The van der Waals surface area contributed by atoms with Crippen LogP contribution in [0, 0.1) is 0 Å². The third-order valence-corrected chi connectivity index (χ3v) is 2.46. The van der Waals surface area contributed by atoms with Gasteiger partial charge in [0.05, 0.1) is 0 Å². The summed E-state index contributed by atoms with van der Waals surface area (Å²) in [6, 6.07) is -0.00393. The Labute approximate surface area is 80.3 Å². The lowest BCUT2D eigenvalue weighted by atomic mass is 10.2.